The number of hydrogen-bond donors (Lipinski definition) is 2. The van der Waals surface area contributed by atoms with Crippen LogP contribution >= 0.6 is 23.2 Å². The molecule has 13 heteroatoms. The molecule has 4 aliphatic rings. The second-order valence-electron chi connectivity index (χ2n) is 18.5. The number of primary amides is 1. The maximum absolute atomic E-state index is 13.1. The molecule has 4 aromatic carbocycles. The van der Waals surface area contributed by atoms with Crippen LogP contribution < -0.4 is 15.2 Å². The lowest BCUT2D eigenvalue weighted by atomic mass is 10.0. The number of alkyl halides is 2. The van der Waals surface area contributed by atoms with E-state index in [0.29, 0.717) is 11.1 Å². The van der Waals surface area contributed by atoms with Crippen molar-refractivity contribution in [3.8, 4) is 11.5 Å². The van der Waals surface area contributed by atoms with Gasteiger partial charge in [-0.15, -0.1) is 0 Å². The number of benzene rings is 4. The first kappa shape index (κ1) is 54.4. The van der Waals surface area contributed by atoms with Crippen LogP contribution in [-0.2, 0) is 17.6 Å². The van der Waals surface area contributed by atoms with Crippen molar-refractivity contribution in [2.75, 3.05) is 79.5 Å². The lowest BCUT2D eigenvalue weighted by Crippen LogP contribution is -2.35. The molecule has 67 heavy (non-hydrogen) atoms. The quantitative estimate of drug-likeness (QED) is 0.115. The van der Waals surface area contributed by atoms with Crippen molar-refractivity contribution in [2.24, 2.45) is 5.73 Å². The second-order valence-corrected chi connectivity index (χ2v) is 19.3. The van der Waals surface area contributed by atoms with Crippen LogP contribution in [0.5, 0.6) is 11.5 Å². The van der Waals surface area contributed by atoms with Crippen molar-refractivity contribution in [1.82, 2.24) is 19.6 Å². The third kappa shape index (κ3) is 18.4. The van der Waals surface area contributed by atoms with Crippen molar-refractivity contribution >= 4 is 39.9 Å². The summed E-state index contributed by atoms with van der Waals surface area (Å²) in [7, 11) is 4.31. The van der Waals surface area contributed by atoms with Crippen molar-refractivity contribution in [3.05, 3.63) is 106 Å². The lowest BCUT2D eigenvalue weighted by Gasteiger charge is -2.29. The van der Waals surface area contributed by atoms with Gasteiger partial charge in [-0.05, 0) is 176 Å². The number of rotatable bonds is 16. The number of amides is 1. The van der Waals surface area contributed by atoms with Crippen LogP contribution in [0.4, 0.5) is 8.78 Å². The fourth-order valence-electron chi connectivity index (χ4n) is 8.99. The minimum Gasteiger partial charge on any atom is -0.489 e. The highest BCUT2D eigenvalue weighted by Crippen LogP contribution is 2.32. The van der Waals surface area contributed by atoms with Crippen molar-refractivity contribution in [2.45, 2.75) is 122 Å². The summed E-state index contributed by atoms with van der Waals surface area (Å²) >= 11 is 12.8. The number of piperidine rings is 2. The lowest BCUT2D eigenvalue weighted by molar-refractivity contribution is -0.142. The molecule has 3 N–H and O–H groups in total. The van der Waals surface area contributed by atoms with Crippen LogP contribution in [0.15, 0.2) is 78.9 Å². The van der Waals surface area contributed by atoms with Gasteiger partial charge < -0.3 is 39.9 Å². The van der Waals surface area contributed by atoms with E-state index in [0.717, 1.165) is 123 Å². The smallest absolute Gasteiger partial charge is 0.324 e. The first-order chi connectivity index (χ1) is 32.3. The van der Waals surface area contributed by atoms with E-state index in [1.807, 2.05) is 68.4 Å². The number of ether oxygens (including phenoxy) is 2. The van der Waals surface area contributed by atoms with Crippen molar-refractivity contribution in [1.29, 1.82) is 0 Å². The molecule has 370 valence electrons. The normalized spacial score (nSPS) is 18.3. The molecule has 0 bridgehead atoms. The van der Waals surface area contributed by atoms with Gasteiger partial charge in [-0.3, -0.25) is 4.79 Å². The number of aliphatic hydroxyl groups excluding tert-OH is 1. The average molecular weight is 969 g/mol. The second kappa shape index (κ2) is 28.2. The fourth-order valence-corrected chi connectivity index (χ4v) is 9.47. The molecule has 9 nitrogen and oxygen atoms in total. The minimum absolute atomic E-state index is 0.126. The molecule has 0 aliphatic carbocycles. The molecule has 0 aromatic heterocycles. The first-order valence-electron chi connectivity index (χ1n) is 24.9. The molecule has 1 atom stereocenters. The minimum atomic E-state index is -3.44. The SMILES string of the molecule is CC.CN1CCC(Oc2ccc(C(O)CCN3CCCC3)cc2Cl)CC1.CN1CCC(Oc2ccc(CCCN3CCCC3)cc2Cl)CC1.NC(=O)C(F)(F)CCc1ccc2ccccc2c1. The number of likely N-dealkylation sites (tertiary alicyclic amines) is 4. The Morgan fingerprint density at radius 2 is 1.18 bits per heavy atom. The monoisotopic (exact) mass is 968 g/mol. The Bertz CT molecular complexity index is 2070. The Labute approximate surface area is 409 Å². The van der Waals surface area contributed by atoms with Gasteiger partial charge in [0.05, 0.1) is 16.1 Å². The summed E-state index contributed by atoms with van der Waals surface area (Å²) in [6.45, 7) is 15.4. The zero-order chi connectivity index (χ0) is 48.2. The highest BCUT2D eigenvalue weighted by atomic mass is 35.5. The molecule has 0 saturated carbocycles. The number of halogens is 4. The zero-order valence-electron chi connectivity index (χ0n) is 40.6. The molecule has 0 radical (unpaired) electrons. The number of nitrogens with two attached hydrogens (primary N) is 1. The number of carbonyl (C=O) groups is 1. The van der Waals surface area contributed by atoms with Gasteiger partial charge in [-0.1, -0.05) is 91.6 Å². The highest BCUT2D eigenvalue weighted by molar-refractivity contribution is 6.32. The topological polar surface area (TPSA) is 94.7 Å². The molecule has 4 aliphatic heterocycles. The molecule has 1 amide bonds. The maximum atomic E-state index is 13.1. The van der Waals surface area contributed by atoms with Crippen LogP contribution in [0.3, 0.4) is 0 Å². The first-order valence-corrected chi connectivity index (χ1v) is 25.6. The number of nitrogens with zero attached hydrogens (tertiary/aromatic N) is 4. The van der Waals surface area contributed by atoms with Crippen LogP contribution in [-0.4, -0.2) is 128 Å². The van der Waals surface area contributed by atoms with E-state index < -0.39 is 24.4 Å². The Kier molecular flexibility index (Phi) is 22.9. The number of aryl methyl sites for hydroxylation is 2. The summed E-state index contributed by atoms with van der Waals surface area (Å²) in [5.41, 5.74) is 7.62. The fraction of sp³-hybridized carbons (Fsp3) is 0.574. The largest absolute Gasteiger partial charge is 0.489 e. The summed E-state index contributed by atoms with van der Waals surface area (Å²) in [6, 6.07) is 25.3. The van der Waals surface area contributed by atoms with Gasteiger partial charge in [0.2, 0.25) is 0 Å². The summed E-state index contributed by atoms with van der Waals surface area (Å²) < 4.78 is 38.3. The molecule has 4 heterocycles. The van der Waals surface area contributed by atoms with E-state index in [1.165, 1.54) is 57.3 Å². The molecule has 4 aromatic rings. The summed E-state index contributed by atoms with van der Waals surface area (Å²) in [5.74, 6) is -3.42. The van der Waals surface area contributed by atoms with E-state index in [2.05, 4.69) is 57.6 Å². The maximum Gasteiger partial charge on any atom is 0.324 e. The Balaban J connectivity index is 0.000000186. The third-order valence-electron chi connectivity index (χ3n) is 13.2. The van der Waals surface area contributed by atoms with Crippen molar-refractivity contribution in [3.63, 3.8) is 0 Å². The molecule has 8 rings (SSSR count). The Hall–Kier alpha value is -3.55. The van der Waals surface area contributed by atoms with Crippen LogP contribution in [0.1, 0.15) is 107 Å². The van der Waals surface area contributed by atoms with Crippen molar-refractivity contribution < 1.29 is 28.2 Å². The molecule has 4 saturated heterocycles. The number of hydrogen-bond acceptors (Lipinski definition) is 8. The van der Waals surface area contributed by atoms with Crippen LogP contribution in [0.2, 0.25) is 10.0 Å². The highest BCUT2D eigenvalue weighted by Gasteiger charge is 2.35. The van der Waals surface area contributed by atoms with Crippen LogP contribution in [0, 0.1) is 0 Å². The van der Waals surface area contributed by atoms with Gasteiger partial charge in [0.1, 0.15) is 23.7 Å². The van der Waals surface area contributed by atoms with E-state index in [-0.39, 0.29) is 12.5 Å². The number of carbonyl (C=O) groups excluding carboxylic acids is 1. The van der Waals surface area contributed by atoms with Crippen LogP contribution in [0.25, 0.3) is 10.8 Å². The standard InChI is InChI=1S/C19H29ClN2O2.C19H29ClN2O.C14H13F2NO.C2H6/c1-21-11-6-16(7-12-21)24-19-5-4-15(14-17(19)20)18(23)8-13-22-9-2-3-10-22;1-21-13-8-17(9-14-21)23-19-7-6-16(15-18(19)20)5-4-12-22-10-2-3-11-22;15-14(16,13(17)18)8-7-10-5-6-11-3-1-2-4-12(11)9-10;1-2/h4-5,14,16,18,23H,2-3,6-13H2,1H3;6-7,15,17H,2-5,8-14H2,1H3;1-6,9H,7-8H2,(H2,17,18);1-2H3. The van der Waals surface area contributed by atoms with Gasteiger partial charge in [-0.2, -0.15) is 8.78 Å². The third-order valence-corrected chi connectivity index (χ3v) is 13.8. The predicted octanol–water partition coefficient (Wildman–Crippen LogP) is 11.1. The zero-order valence-corrected chi connectivity index (χ0v) is 42.1. The average Bonchev–Trinajstić information content (AvgIpc) is 4.07. The molecular formula is C54H77Cl2F2N5O4. The molecular weight excluding hydrogens is 892 g/mol. The Morgan fingerprint density at radius 3 is 1.72 bits per heavy atom. The molecule has 1 unspecified atom stereocenters. The van der Waals surface area contributed by atoms with E-state index in [9.17, 15) is 18.7 Å². The van der Waals surface area contributed by atoms with Gasteiger partial charge in [0, 0.05) is 39.1 Å². The predicted molar refractivity (Wildman–Crippen MR) is 272 cm³/mol. The van der Waals surface area contributed by atoms with E-state index >= 15 is 0 Å². The van der Waals surface area contributed by atoms with E-state index in [1.54, 1.807) is 6.07 Å². The van der Waals surface area contributed by atoms with Gasteiger partial charge in [0.15, 0.2) is 0 Å². The van der Waals surface area contributed by atoms with Gasteiger partial charge in [0.25, 0.3) is 5.91 Å². The number of fused-ring (bicyclic) bond motifs is 1. The Morgan fingerprint density at radius 1 is 0.687 bits per heavy atom. The molecule has 0 spiro atoms. The van der Waals surface area contributed by atoms with E-state index in [4.69, 9.17) is 32.7 Å². The summed E-state index contributed by atoms with van der Waals surface area (Å²) in [5, 5.41) is 13.8. The van der Waals surface area contributed by atoms with Gasteiger partial charge in [-0.25, -0.2) is 0 Å². The van der Waals surface area contributed by atoms with Gasteiger partial charge >= 0.3 is 5.92 Å². The molecule has 4 fully saturated rings. The summed E-state index contributed by atoms with van der Waals surface area (Å²) in [4.78, 5) is 20.2. The number of aliphatic hydroxyl groups is 1. The summed E-state index contributed by atoms with van der Waals surface area (Å²) in [6.07, 6.45) is 12.3.